The van der Waals surface area contributed by atoms with Crippen molar-refractivity contribution in [3.8, 4) is 0 Å². The molecule has 0 aliphatic rings. The fourth-order valence-electron chi connectivity index (χ4n) is 2.58. The smallest absolute Gasteiger partial charge is 0.166 e. The molecule has 0 aliphatic heterocycles. The molecule has 0 saturated carbocycles. The number of hydrogen-bond donors (Lipinski definition) is 2. The average Bonchev–Trinajstić information content (AvgIpc) is 3.23. The van der Waals surface area contributed by atoms with Gasteiger partial charge in [-0.2, -0.15) is 5.10 Å². The van der Waals surface area contributed by atoms with Crippen molar-refractivity contribution in [2.45, 2.75) is 34.2 Å². The van der Waals surface area contributed by atoms with E-state index < -0.39 is 0 Å². The highest BCUT2D eigenvalue weighted by Crippen LogP contribution is 2.37. The summed E-state index contributed by atoms with van der Waals surface area (Å²) in [7, 11) is 0. The van der Waals surface area contributed by atoms with Crippen molar-refractivity contribution in [1.82, 2.24) is 15.2 Å². The van der Waals surface area contributed by atoms with Crippen LogP contribution < -0.4 is 5.32 Å². The van der Waals surface area contributed by atoms with Crippen molar-refractivity contribution in [1.29, 1.82) is 0 Å². The van der Waals surface area contributed by atoms with E-state index in [-0.39, 0.29) is 0 Å². The summed E-state index contributed by atoms with van der Waals surface area (Å²) in [5, 5.41) is 14.3. The third kappa shape index (κ3) is 2.96. The van der Waals surface area contributed by atoms with E-state index in [0.717, 1.165) is 33.1 Å². The monoisotopic (exact) mass is 344 g/mol. The van der Waals surface area contributed by atoms with E-state index in [2.05, 4.69) is 51.0 Å². The van der Waals surface area contributed by atoms with Gasteiger partial charge in [-0.3, -0.25) is 5.10 Å². The van der Waals surface area contributed by atoms with Gasteiger partial charge in [-0.15, -0.1) is 22.7 Å². The lowest BCUT2D eigenvalue weighted by Gasteiger charge is -1.99. The zero-order valence-corrected chi connectivity index (χ0v) is 15.4. The van der Waals surface area contributed by atoms with Gasteiger partial charge in [-0.1, -0.05) is 19.9 Å². The van der Waals surface area contributed by atoms with Crippen LogP contribution >= 0.6 is 22.7 Å². The molecule has 6 heteroatoms. The Morgan fingerprint density at radius 3 is 2.83 bits per heavy atom. The largest absolute Gasteiger partial charge is 0.363 e. The van der Waals surface area contributed by atoms with Gasteiger partial charge in [0, 0.05) is 16.0 Å². The van der Waals surface area contributed by atoms with E-state index in [1.165, 1.54) is 15.8 Å². The zero-order valence-electron chi connectivity index (χ0n) is 13.7. The Morgan fingerprint density at radius 2 is 2.09 bits per heavy atom. The molecule has 0 aromatic carbocycles. The maximum atomic E-state index is 4.64. The van der Waals surface area contributed by atoms with Crippen LogP contribution in [0.25, 0.3) is 20.4 Å². The molecule has 0 radical (unpaired) electrons. The van der Waals surface area contributed by atoms with Gasteiger partial charge >= 0.3 is 0 Å². The van der Waals surface area contributed by atoms with Crippen LogP contribution in [-0.2, 0) is 6.54 Å². The number of nitrogens with zero attached hydrogens (tertiary/aromatic N) is 2. The number of aromatic nitrogens is 3. The molecule has 0 fully saturated rings. The maximum absolute atomic E-state index is 4.64. The molecular weight excluding hydrogens is 324 g/mol. The molecule has 4 aromatic heterocycles. The van der Waals surface area contributed by atoms with Crippen LogP contribution in [0.15, 0.2) is 23.6 Å². The number of H-pyrrole nitrogens is 1. The molecule has 4 heterocycles. The number of aryl methyl sites for hydroxylation is 2. The molecule has 0 aliphatic carbocycles. The normalized spacial score (nSPS) is 10.8. The summed E-state index contributed by atoms with van der Waals surface area (Å²) >= 11 is 3.45. The Balaban J connectivity index is 0.000000753. The minimum absolute atomic E-state index is 0.803. The average molecular weight is 345 g/mol. The van der Waals surface area contributed by atoms with Gasteiger partial charge in [0.15, 0.2) is 5.82 Å². The van der Waals surface area contributed by atoms with Gasteiger partial charge in [0.05, 0.1) is 16.8 Å². The molecule has 0 amide bonds. The number of anilines is 1. The van der Waals surface area contributed by atoms with Crippen molar-refractivity contribution >= 4 is 48.9 Å². The van der Waals surface area contributed by atoms with Crippen LogP contribution in [0, 0.1) is 13.8 Å². The lowest BCUT2D eigenvalue weighted by Crippen LogP contribution is -1.97. The predicted octanol–water partition coefficient (Wildman–Crippen LogP) is 5.49. The highest BCUT2D eigenvalue weighted by Gasteiger charge is 2.15. The minimum atomic E-state index is 0.803. The van der Waals surface area contributed by atoms with Gasteiger partial charge in [-0.05, 0) is 36.9 Å². The lowest BCUT2D eigenvalue weighted by atomic mass is 10.2. The lowest BCUT2D eigenvalue weighted by molar-refractivity contribution is 1.08. The number of aromatic amines is 1. The standard InChI is InChI=1S/C15H14N4S2.C2H6/c1-8-6-9(2)17-15-11(8)12-13(21-15)14(19-18-12)16-7-10-4-3-5-20-10;1-2/h3-6H,7H2,1-2H3,(H2,16,18,19);1-2H3. The fraction of sp³-hybridized carbons (Fsp3) is 0.294. The van der Waals surface area contributed by atoms with E-state index >= 15 is 0 Å². The summed E-state index contributed by atoms with van der Waals surface area (Å²) in [6.45, 7) is 8.97. The second kappa shape index (κ2) is 6.68. The Hall–Kier alpha value is -1.92. The van der Waals surface area contributed by atoms with Gasteiger partial charge in [0.25, 0.3) is 0 Å². The van der Waals surface area contributed by atoms with Crippen LogP contribution in [0.2, 0.25) is 0 Å². The van der Waals surface area contributed by atoms with Gasteiger partial charge in [-0.25, -0.2) is 4.98 Å². The molecule has 0 unspecified atom stereocenters. The van der Waals surface area contributed by atoms with Crippen molar-refractivity contribution < 1.29 is 0 Å². The van der Waals surface area contributed by atoms with Crippen molar-refractivity contribution in [3.05, 3.63) is 39.7 Å². The molecule has 0 saturated heterocycles. The number of hydrogen-bond acceptors (Lipinski definition) is 5. The summed E-state index contributed by atoms with van der Waals surface area (Å²) in [4.78, 5) is 7.02. The second-order valence-electron chi connectivity index (χ2n) is 5.07. The topological polar surface area (TPSA) is 53.6 Å². The first-order chi connectivity index (χ1) is 11.2. The summed E-state index contributed by atoms with van der Waals surface area (Å²) < 4.78 is 1.16. The molecule has 120 valence electrons. The molecule has 0 spiro atoms. The van der Waals surface area contributed by atoms with Crippen molar-refractivity contribution in [3.63, 3.8) is 0 Å². The highest BCUT2D eigenvalue weighted by atomic mass is 32.1. The van der Waals surface area contributed by atoms with Crippen molar-refractivity contribution in [2.24, 2.45) is 0 Å². The molecule has 2 N–H and O–H groups in total. The van der Waals surface area contributed by atoms with Gasteiger partial charge < -0.3 is 5.32 Å². The van der Waals surface area contributed by atoms with E-state index in [0.29, 0.717) is 0 Å². The van der Waals surface area contributed by atoms with E-state index in [4.69, 9.17) is 0 Å². The molecular formula is C17H20N4S2. The van der Waals surface area contributed by atoms with Crippen LogP contribution in [0.4, 0.5) is 5.82 Å². The summed E-state index contributed by atoms with van der Waals surface area (Å²) in [5.41, 5.74) is 3.40. The SMILES string of the molecule is CC.Cc1cc(C)c2c(n1)sc1c(NCc3cccs3)n[nH]c12. The Kier molecular flexibility index (Phi) is 4.63. The van der Waals surface area contributed by atoms with E-state index in [1.807, 2.05) is 20.8 Å². The third-order valence-corrected chi connectivity index (χ3v) is 5.46. The van der Waals surface area contributed by atoms with E-state index in [1.54, 1.807) is 22.7 Å². The van der Waals surface area contributed by atoms with Crippen LogP contribution in [-0.4, -0.2) is 15.2 Å². The van der Waals surface area contributed by atoms with Crippen LogP contribution in [0.3, 0.4) is 0 Å². The van der Waals surface area contributed by atoms with Gasteiger partial charge in [0.1, 0.15) is 4.83 Å². The van der Waals surface area contributed by atoms with E-state index in [9.17, 15) is 0 Å². The number of pyridine rings is 1. The predicted molar refractivity (Wildman–Crippen MR) is 102 cm³/mol. The third-order valence-electron chi connectivity index (χ3n) is 3.49. The molecule has 0 atom stereocenters. The van der Waals surface area contributed by atoms with Crippen LogP contribution in [0.1, 0.15) is 30.0 Å². The van der Waals surface area contributed by atoms with Crippen molar-refractivity contribution in [2.75, 3.05) is 5.32 Å². The quantitative estimate of drug-likeness (QED) is 0.517. The highest BCUT2D eigenvalue weighted by molar-refractivity contribution is 7.26. The molecule has 23 heavy (non-hydrogen) atoms. The zero-order chi connectivity index (χ0) is 16.4. The number of rotatable bonds is 3. The van der Waals surface area contributed by atoms with Crippen LogP contribution in [0.5, 0.6) is 0 Å². The number of fused-ring (bicyclic) bond motifs is 3. The minimum Gasteiger partial charge on any atom is -0.363 e. The first kappa shape index (κ1) is 16.0. The molecule has 4 nitrogen and oxygen atoms in total. The summed E-state index contributed by atoms with van der Waals surface area (Å²) in [5.74, 6) is 0.915. The second-order valence-corrected chi connectivity index (χ2v) is 7.10. The Bertz CT molecular complexity index is 919. The maximum Gasteiger partial charge on any atom is 0.166 e. The summed E-state index contributed by atoms with van der Waals surface area (Å²) in [6.07, 6.45) is 0. The molecule has 4 rings (SSSR count). The first-order valence-corrected chi connectivity index (χ1v) is 9.43. The molecule has 4 aromatic rings. The Labute approximate surface area is 143 Å². The van der Waals surface area contributed by atoms with Gasteiger partial charge in [0.2, 0.25) is 0 Å². The number of nitrogens with one attached hydrogen (secondary N) is 2. The molecule has 0 bridgehead atoms. The Morgan fingerprint density at radius 1 is 1.26 bits per heavy atom. The fourth-order valence-corrected chi connectivity index (χ4v) is 4.44. The number of thiophene rings is 2. The summed E-state index contributed by atoms with van der Waals surface area (Å²) in [6, 6.07) is 6.31. The first-order valence-electron chi connectivity index (χ1n) is 7.73.